The Kier molecular flexibility index (Phi) is 19.8. The highest BCUT2D eigenvalue weighted by atomic mass is 16.5. The number of esters is 1. The number of rotatable bonds is 17. The SMILES string of the molecule is CC(C)(C)c1cc(CCC(CCc2cc(C(C)(C)C)c(O)c(C(C)(C)C)c2)OC(=O)CC(C(=O)O)C(CCc2cc(C(C)(C)C)c(O)c(C(C)(C)C)c2)CCc2cc(C(C)(C)C)c(O)c(C(C)(C)C)c2)cc(C(C)(C)C)c1O. The van der Waals surface area contributed by atoms with Gasteiger partial charge in [0.05, 0.1) is 12.3 Å². The van der Waals surface area contributed by atoms with E-state index in [1.54, 1.807) is 0 Å². The summed E-state index contributed by atoms with van der Waals surface area (Å²) in [6, 6.07) is 16.6. The number of carbonyl (C=O) groups excluding carboxylic acids is 1. The number of aryl methyl sites for hydroxylation is 4. The summed E-state index contributed by atoms with van der Waals surface area (Å²) in [5, 5.41) is 57.7. The van der Waals surface area contributed by atoms with Gasteiger partial charge in [-0.2, -0.15) is 0 Å². The van der Waals surface area contributed by atoms with Crippen molar-refractivity contribution in [2.75, 3.05) is 0 Å². The van der Waals surface area contributed by atoms with Crippen LogP contribution in [-0.2, 0) is 83.3 Å². The second-order valence-corrected chi connectivity index (χ2v) is 31.3. The third kappa shape index (κ3) is 17.0. The molecule has 8 nitrogen and oxygen atoms in total. The maximum Gasteiger partial charge on any atom is 0.307 e. The number of carboxylic acids is 1. The minimum atomic E-state index is -1.07. The van der Waals surface area contributed by atoms with Crippen molar-refractivity contribution in [1.82, 2.24) is 0 Å². The van der Waals surface area contributed by atoms with Crippen molar-refractivity contribution >= 4 is 11.9 Å². The van der Waals surface area contributed by atoms with Gasteiger partial charge >= 0.3 is 11.9 Å². The molecule has 0 aliphatic heterocycles. The first kappa shape index (κ1) is 65.5. The van der Waals surface area contributed by atoms with E-state index in [9.17, 15) is 35.1 Å². The Balaban J connectivity index is 1.84. The molecule has 0 fully saturated rings. The summed E-state index contributed by atoms with van der Waals surface area (Å²) in [5.41, 5.74) is 8.12. The first-order chi connectivity index (χ1) is 35.1. The number of carbonyl (C=O) groups is 2. The van der Waals surface area contributed by atoms with Crippen molar-refractivity contribution < 1.29 is 39.9 Å². The molecule has 0 radical (unpaired) electrons. The zero-order valence-corrected chi connectivity index (χ0v) is 53.2. The number of phenolic OH excluding ortho intramolecular Hbond substituents is 4. The van der Waals surface area contributed by atoms with Crippen molar-refractivity contribution in [2.45, 2.75) is 273 Å². The molecule has 0 heterocycles. The molecule has 8 heteroatoms. The summed E-state index contributed by atoms with van der Waals surface area (Å²) in [4.78, 5) is 28.6. The fourth-order valence-electron chi connectivity index (χ4n) is 11.0. The number of aliphatic carboxylic acids is 1. The lowest BCUT2D eigenvalue weighted by molar-refractivity contribution is -0.157. The maximum atomic E-state index is 14.8. The van der Waals surface area contributed by atoms with Gasteiger partial charge in [0, 0.05) is 0 Å². The summed E-state index contributed by atoms with van der Waals surface area (Å²) in [6.45, 7) is 50.2. The van der Waals surface area contributed by atoms with Crippen molar-refractivity contribution in [3.05, 3.63) is 115 Å². The molecule has 4 rings (SSSR count). The number of ether oxygens (including phenoxy) is 1. The average Bonchev–Trinajstić information content (AvgIpc) is 3.24. The predicted molar refractivity (Wildman–Crippen MR) is 324 cm³/mol. The molecule has 0 aliphatic carbocycles. The van der Waals surface area contributed by atoms with Crippen LogP contribution in [0.25, 0.3) is 0 Å². The summed E-state index contributed by atoms with van der Waals surface area (Å²) in [7, 11) is 0. The Hall–Kier alpha value is -4.98. The summed E-state index contributed by atoms with van der Waals surface area (Å²) in [5.74, 6) is -1.95. The standard InChI is InChI=1S/C70H106O8/c1-63(2,3)49-33-42(34-50(58(49)72)64(4,5)6)25-29-46(30-26-43-35-51(65(7,8)9)59(73)52(36-43)66(10,11)12)48(62(76)77)41-57(71)78-47(31-27-44-37-53(67(13,14)15)60(74)54(38-44)68(16,17)18)32-28-45-39-55(69(19,20)21)61(75)56(40-45)70(22,23)24/h33-40,46-48,72-75H,25-32,41H2,1-24H3,(H,76,77). The predicted octanol–water partition coefficient (Wildman–Crippen LogP) is 17.3. The third-order valence-corrected chi connectivity index (χ3v) is 15.8. The van der Waals surface area contributed by atoms with Crippen LogP contribution in [0.4, 0.5) is 0 Å². The highest BCUT2D eigenvalue weighted by Crippen LogP contribution is 2.45. The second-order valence-electron chi connectivity index (χ2n) is 31.3. The van der Waals surface area contributed by atoms with Gasteiger partial charge in [-0.15, -0.1) is 0 Å². The van der Waals surface area contributed by atoms with E-state index in [-0.39, 0.29) is 61.2 Å². The van der Waals surface area contributed by atoms with E-state index in [1.165, 1.54) is 0 Å². The normalized spacial score (nSPS) is 13.9. The fourth-order valence-corrected chi connectivity index (χ4v) is 11.0. The van der Waals surface area contributed by atoms with Crippen molar-refractivity contribution in [3.8, 4) is 23.0 Å². The van der Waals surface area contributed by atoms with E-state index < -0.39 is 29.9 Å². The second kappa shape index (κ2) is 23.6. The van der Waals surface area contributed by atoms with Gasteiger partial charge in [0.2, 0.25) is 0 Å². The maximum absolute atomic E-state index is 14.8. The molecule has 1 atom stereocenters. The Labute approximate surface area is 473 Å². The van der Waals surface area contributed by atoms with Crippen molar-refractivity contribution in [3.63, 3.8) is 0 Å². The van der Waals surface area contributed by atoms with Gasteiger partial charge in [-0.3, -0.25) is 9.59 Å². The van der Waals surface area contributed by atoms with Crippen LogP contribution < -0.4 is 0 Å². The van der Waals surface area contributed by atoms with Crippen LogP contribution in [0, 0.1) is 11.8 Å². The van der Waals surface area contributed by atoms with E-state index in [0.717, 1.165) is 66.8 Å². The van der Waals surface area contributed by atoms with Gasteiger partial charge in [-0.25, -0.2) is 0 Å². The molecule has 434 valence electrons. The molecule has 1 unspecified atom stereocenters. The Morgan fingerprint density at radius 1 is 0.359 bits per heavy atom. The zero-order chi connectivity index (χ0) is 59.9. The lowest BCUT2D eigenvalue weighted by Gasteiger charge is -2.30. The van der Waals surface area contributed by atoms with Crippen LogP contribution in [0.5, 0.6) is 23.0 Å². The third-order valence-electron chi connectivity index (χ3n) is 15.8. The zero-order valence-electron chi connectivity index (χ0n) is 53.2. The topological polar surface area (TPSA) is 145 Å². The Morgan fingerprint density at radius 3 is 0.731 bits per heavy atom. The van der Waals surface area contributed by atoms with E-state index in [2.05, 4.69) is 215 Å². The number of carboxylic acid groups (broad SMARTS) is 1. The summed E-state index contributed by atoms with van der Waals surface area (Å²) < 4.78 is 6.57. The van der Waals surface area contributed by atoms with Gasteiger partial charge in [0.25, 0.3) is 0 Å². The minimum absolute atomic E-state index is 0.289. The molecule has 0 aliphatic rings. The van der Waals surface area contributed by atoms with E-state index in [0.29, 0.717) is 62.9 Å². The first-order valence-corrected chi connectivity index (χ1v) is 29.0. The van der Waals surface area contributed by atoms with Gasteiger partial charge in [0.15, 0.2) is 0 Å². The van der Waals surface area contributed by atoms with Gasteiger partial charge < -0.3 is 30.3 Å². The smallest absolute Gasteiger partial charge is 0.307 e. The molecule has 0 aromatic heterocycles. The molecule has 0 saturated heterocycles. The van der Waals surface area contributed by atoms with E-state index >= 15 is 0 Å². The van der Waals surface area contributed by atoms with Gasteiger partial charge in [-0.05, 0) is 167 Å². The monoisotopic (exact) mass is 1070 g/mol. The van der Waals surface area contributed by atoms with Crippen LogP contribution in [0.15, 0.2) is 48.5 Å². The lowest BCUT2D eigenvalue weighted by Crippen LogP contribution is -2.30. The summed E-state index contributed by atoms with van der Waals surface area (Å²) >= 11 is 0. The van der Waals surface area contributed by atoms with Gasteiger partial charge in [-0.1, -0.05) is 215 Å². The molecule has 4 aromatic carbocycles. The van der Waals surface area contributed by atoms with Gasteiger partial charge in [0.1, 0.15) is 29.1 Å². The van der Waals surface area contributed by atoms with Crippen molar-refractivity contribution in [2.24, 2.45) is 11.8 Å². The van der Waals surface area contributed by atoms with Crippen LogP contribution >= 0.6 is 0 Å². The lowest BCUT2D eigenvalue weighted by atomic mass is 9.76. The van der Waals surface area contributed by atoms with Crippen LogP contribution in [0.2, 0.25) is 0 Å². The molecule has 4 aromatic rings. The fraction of sp³-hybridized carbons (Fsp3) is 0.629. The molecular weight excluding hydrogens is 969 g/mol. The minimum Gasteiger partial charge on any atom is -0.507 e. The molecule has 5 N–H and O–H groups in total. The number of hydrogen-bond acceptors (Lipinski definition) is 7. The van der Waals surface area contributed by atoms with E-state index in [1.807, 2.05) is 0 Å². The molecule has 0 bridgehead atoms. The Bertz CT molecular complexity index is 2440. The summed E-state index contributed by atoms with van der Waals surface area (Å²) in [6.07, 6.45) is 3.20. The molecule has 0 amide bonds. The van der Waals surface area contributed by atoms with Crippen molar-refractivity contribution in [1.29, 1.82) is 0 Å². The number of hydrogen-bond donors (Lipinski definition) is 5. The van der Waals surface area contributed by atoms with Crippen LogP contribution in [0.1, 0.15) is 265 Å². The highest BCUT2D eigenvalue weighted by Gasteiger charge is 2.35. The van der Waals surface area contributed by atoms with Crippen LogP contribution in [-0.4, -0.2) is 43.6 Å². The Morgan fingerprint density at radius 2 is 0.551 bits per heavy atom. The van der Waals surface area contributed by atoms with Crippen LogP contribution in [0.3, 0.4) is 0 Å². The number of aromatic hydroxyl groups is 4. The first-order valence-electron chi connectivity index (χ1n) is 29.0. The number of phenols is 4. The molecule has 0 spiro atoms. The largest absolute Gasteiger partial charge is 0.507 e. The number of benzene rings is 4. The van der Waals surface area contributed by atoms with E-state index in [4.69, 9.17) is 4.74 Å². The average molecular weight is 1080 g/mol. The molecular formula is C70H106O8. The quantitative estimate of drug-likeness (QED) is 0.0658. The molecule has 78 heavy (non-hydrogen) atoms. The highest BCUT2D eigenvalue weighted by molar-refractivity contribution is 5.79. The molecule has 0 saturated carbocycles.